The number of hydrogen-bond acceptors (Lipinski definition) is 5. The Morgan fingerprint density at radius 3 is 2.78 bits per heavy atom. The zero-order chi connectivity index (χ0) is 19.4. The average Bonchev–Trinajstić information content (AvgIpc) is 3.03. The molecule has 3 rings (SSSR count). The number of rotatable bonds is 6. The Labute approximate surface area is 161 Å². The second-order valence-corrected chi connectivity index (χ2v) is 7.59. The largest absolute Gasteiger partial charge is 0.481 e. The van der Waals surface area contributed by atoms with Crippen molar-refractivity contribution in [3.8, 4) is 0 Å². The number of carboxylic acid groups (broad SMARTS) is 1. The summed E-state index contributed by atoms with van der Waals surface area (Å²) < 4.78 is 0. The van der Waals surface area contributed by atoms with Gasteiger partial charge in [0, 0.05) is 30.9 Å². The Balaban J connectivity index is 1.89. The van der Waals surface area contributed by atoms with Crippen LogP contribution in [0.2, 0.25) is 0 Å². The van der Waals surface area contributed by atoms with Gasteiger partial charge >= 0.3 is 5.97 Å². The normalized spacial score (nSPS) is 12.9. The van der Waals surface area contributed by atoms with Gasteiger partial charge < -0.3 is 15.3 Å². The number of thiophene rings is 1. The Kier molecular flexibility index (Phi) is 5.85. The van der Waals surface area contributed by atoms with E-state index in [2.05, 4.69) is 10.3 Å². The smallest absolute Gasteiger partial charge is 0.305 e. The minimum absolute atomic E-state index is 0.119. The molecule has 2 heterocycles. The quantitative estimate of drug-likeness (QED) is 0.794. The molecular formula is C19H21N3O4S. The number of aliphatic carboxylic acids is 1. The predicted octanol–water partition coefficient (Wildman–Crippen LogP) is 2.82. The second-order valence-electron chi connectivity index (χ2n) is 6.48. The Morgan fingerprint density at radius 1 is 1.30 bits per heavy atom. The van der Waals surface area contributed by atoms with Crippen LogP contribution in [0.3, 0.4) is 0 Å². The number of aromatic nitrogens is 1. The van der Waals surface area contributed by atoms with Gasteiger partial charge in [0.15, 0.2) is 0 Å². The third-order valence-electron chi connectivity index (χ3n) is 4.54. The Bertz CT molecular complexity index is 863. The van der Waals surface area contributed by atoms with E-state index in [0.717, 1.165) is 36.1 Å². The van der Waals surface area contributed by atoms with E-state index in [9.17, 15) is 14.4 Å². The summed E-state index contributed by atoms with van der Waals surface area (Å²) in [6.07, 6.45) is 6.69. The molecule has 0 fully saturated rings. The maximum absolute atomic E-state index is 13.0. The molecular weight excluding hydrogens is 366 g/mol. The third kappa shape index (κ3) is 4.33. The van der Waals surface area contributed by atoms with E-state index >= 15 is 0 Å². The molecule has 2 aromatic rings. The van der Waals surface area contributed by atoms with E-state index in [1.807, 2.05) is 0 Å². The number of fused-ring (bicyclic) bond motifs is 1. The van der Waals surface area contributed by atoms with Gasteiger partial charge in [0.25, 0.3) is 11.8 Å². The standard InChI is InChI=1S/C19H21N3O4S/c1-22(10-8-15(23)24)19(26)16-13-6-2-3-7-14(13)27-18(16)21-17(25)12-5-4-9-20-11-12/h4-5,9,11H,2-3,6-8,10H2,1H3,(H,21,25)(H,23,24). The molecule has 1 aliphatic rings. The molecule has 2 aromatic heterocycles. The molecule has 2 amide bonds. The van der Waals surface area contributed by atoms with Crippen LogP contribution in [-0.2, 0) is 17.6 Å². The summed E-state index contributed by atoms with van der Waals surface area (Å²) in [5.41, 5.74) is 1.90. The van der Waals surface area contributed by atoms with Gasteiger partial charge in [-0.3, -0.25) is 19.4 Å². The molecule has 0 bridgehead atoms. The molecule has 0 aromatic carbocycles. The van der Waals surface area contributed by atoms with Gasteiger partial charge in [-0.25, -0.2) is 0 Å². The first-order valence-electron chi connectivity index (χ1n) is 8.80. The van der Waals surface area contributed by atoms with Crippen LogP contribution in [0.5, 0.6) is 0 Å². The summed E-state index contributed by atoms with van der Waals surface area (Å²) in [7, 11) is 1.59. The zero-order valence-electron chi connectivity index (χ0n) is 15.0. The number of hydrogen-bond donors (Lipinski definition) is 2. The van der Waals surface area contributed by atoms with E-state index in [1.165, 1.54) is 22.4 Å². The first kappa shape index (κ1) is 19.0. The molecule has 0 atom stereocenters. The van der Waals surface area contributed by atoms with Gasteiger partial charge in [-0.1, -0.05) is 0 Å². The maximum Gasteiger partial charge on any atom is 0.305 e. The molecule has 0 unspecified atom stereocenters. The lowest BCUT2D eigenvalue weighted by Crippen LogP contribution is -2.30. The van der Waals surface area contributed by atoms with Crippen LogP contribution in [-0.4, -0.2) is 46.4 Å². The summed E-state index contributed by atoms with van der Waals surface area (Å²) in [4.78, 5) is 42.8. The monoisotopic (exact) mass is 387 g/mol. The van der Waals surface area contributed by atoms with Crippen molar-refractivity contribution in [3.63, 3.8) is 0 Å². The minimum atomic E-state index is -0.952. The molecule has 0 spiro atoms. The van der Waals surface area contributed by atoms with E-state index in [1.54, 1.807) is 25.4 Å². The fourth-order valence-electron chi connectivity index (χ4n) is 3.11. The lowest BCUT2D eigenvalue weighted by Gasteiger charge is -2.19. The van der Waals surface area contributed by atoms with Crippen LogP contribution in [0.1, 0.15) is 50.4 Å². The molecule has 0 saturated carbocycles. The fourth-order valence-corrected chi connectivity index (χ4v) is 4.38. The van der Waals surface area contributed by atoms with Gasteiger partial charge in [-0.05, 0) is 43.4 Å². The zero-order valence-corrected chi connectivity index (χ0v) is 15.8. The number of nitrogens with zero attached hydrogens (tertiary/aromatic N) is 2. The van der Waals surface area contributed by atoms with Crippen molar-refractivity contribution in [2.45, 2.75) is 32.1 Å². The van der Waals surface area contributed by atoms with E-state index in [-0.39, 0.29) is 24.8 Å². The molecule has 1 aliphatic carbocycles. The number of amides is 2. The van der Waals surface area contributed by atoms with Crippen LogP contribution >= 0.6 is 11.3 Å². The summed E-state index contributed by atoms with van der Waals surface area (Å²) in [6.45, 7) is 0.120. The highest BCUT2D eigenvalue weighted by Gasteiger charge is 2.28. The molecule has 0 radical (unpaired) electrons. The second kappa shape index (κ2) is 8.30. The van der Waals surface area contributed by atoms with Gasteiger partial charge in [-0.15, -0.1) is 11.3 Å². The lowest BCUT2D eigenvalue weighted by atomic mass is 9.95. The first-order valence-corrected chi connectivity index (χ1v) is 9.62. The molecule has 2 N–H and O–H groups in total. The van der Waals surface area contributed by atoms with Gasteiger partial charge in [0.2, 0.25) is 0 Å². The van der Waals surface area contributed by atoms with Gasteiger partial charge in [0.05, 0.1) is 17.5 Å². The van der Waals surface area contributed by atoms with Crippen LogP contribution in [0, 0.1) is 0 Å². The topological polar surface area (TPSA) is 99.6 Å². The molecule has 0 saturated heterocycles. The van der Waals surface area contributed by atoms with E-state index < -0.39 is 5.97 Å². The van der Waals surface area contributed by atoms with Crippen molar-refractivity contribution in [2.75, 3.05) is 18.9 Å². The first-order chi connectivity index (χ1) is 13.0. The van der Waals surface area contributed by atoms with Crippen LogP contribution in [0.25, 0.3) is 0 Å². The highest BCUT2D eigenvalue weighted by atomic mass is 32.1. The number of carbonyl (C=O) groups is 3. The summed E-state index contributed by atoms with van der Waals surface area (Å²) >= 11 is 1.44. The third-order valence-corrected chi connectivity index (χ3v) is 5.75. The van der Waals surface area contributed by atoms with Crippen molar-refractivity contribution in [1.82, 2.24) is 9.88 Å². The van der Waals surface area contributed by atoms with Crippen LogP contribution < -0.4 is 5.32 Å². The average molecular weight is 387 g/mol. The fraction of sp³-hybridized carbons (Fsp3) is 0.368. The van der Waals surface area contributed by atoms with Crippen LogP contribution in [0.4, 0.5) is 5.00 Å². The molecule has 0 aliphatic heterocycles. The van der Waals surface area contributed by atoms with Crippen molar-refractivity contribution in [1.29, 1.82) is 0 Å². The van der Waals surface area contributed by atoms with Crippen LogP contribution in [0.15, 0.2) is 24.5 Å². The van der Waals surface area contributed by atoms with Crippen molar-refractivity contribution in [3.05, 3.63) is 46.1 Å². The van der Waals surface area contributed by atoms with E-state index in [0.29, 0.717) is 16.1 Å². The Morgan fingerprint density at radius 2 is 2.07 bits per heavy atom. The number of anilines is 1. The number of aryl methyl sites for hydroxylation is 1. The number of carbonyl (C=O) groups excluding carboxylic acids is 2. The van der Waals surface area contributed by atoms with Crippen molar-refractivity contribution < 1.29 is 19.5 Å². The molecule has 8 heteroatoms. The van der Waals surface area contributed by atoms with Gasteiger partial charge in [0.1, 0.15) is 5.00 Å². The number of nitrogens with one attached hydrogen (secondary N) is 1. The summed E-state index contributed by atoms with van der Waals surface area (Å²) in [5.74, 6) is -1.52. The summed E-state index contributed by atoms with van der Waals surface area (Å²) in [6, 6.07) is 3.34. The van der Waals surface area contributed by atoms with E-state index in [4.69, 9.17) is 5.11 Å². The lowest BCUT2D eigenvalue weighted by molar-refractivity contribution is -0.137. The van der Waals surface area contributed by atoms with Gasteiger partial charge in [-0.2, -0.15) is 0 Å². The highest BCUT2D eigenvalue weighted by Crippen LogP contribution is 2.39. The molecule has 7 nitrogen and oxygen atoms in total. The molecule has 142 valence electrons. The number of pyridine rings is 1. The SMILES string of the molecule is CN(CCC(=O)O)C(=O)c1c(NC(=O)c2cccnc2)sc2c1CCCC2. The van der Waals surface area contributed by atoms with Crippen molar-refractivity contribution >= 4 is 34.1 Å². The summed E-state index contributed by atoms with van der Waals surface area (Å²) in [5, 5.41) is 12.3. The number of carboxylic acids is 1. The van der Waals surface area contributed by atoms with Crippen molar-refractivity contribution in [2.24, 2.45) is 0 Å². The highest BCUT2D eigenvalue weighted by molar-refractivity contribution is 7.17. The maximum atomic E-state index is 13.0. The predicted molar refractivity (Wildman–Crippen MR) is 102 cm³/mol. The minimum Gasteiger partial charge on any atom is -0.481 e. The Hall–Kier alpha value is -2.74. The molecule has 27 heavy (non-hydrogen) atoms.